The standard InChI is InChI=1S/C12H18N2O/c1-10(2)12-9-11(3-4-13-12)14-5-7-15-8-6-14/h3-4,9-10H,5-8H2,1-2H3. The fraction of sp³-hybridized carbons (Fsp3) is 0.583. The molecule has 82 valence electrons. The molecule has 0 saturated carbocycles. The van der Waals surface area contributed by atoms with Crippen molar-refractivity contribution in [1.29, 1.82) is 0 Å². The summed E-state index contributed by atoms with van der Waals surface area (Å²) in [6, 6.07) is 4.27. The van der Waals surface area contributed by atoms with E-state index in [0.29, 0.717) is 5.92 Å². The summed E-state index contributed by atoms with van der Waals surface area (Å²) in [5.74, 6) is 0.492. The molecule has 0 aliphatic carbocycles. The summed E-state index contributed by atoms with van der Waals surface area (Å²) in [5, 5.41) is 0. The average molecular weight is 206 g/mol. The van der Waals surface area contributed by atoms with Crippen molar-refractivity contribution in [2.24, 2.45) is 0 Å². The number of hydrogen-bond donors (Lipinski definition) is 0. The average Bonchev–Trinajstić information content (AvgIpc) is 2.30. The molecule has 1 saturated heterocycles. The minimum Gasteiger partial charge on any atom is -0.378 e. The molecule has 0 N–H and O–H groups in total. The summed E-state index contributed by atoms with van der Waals surface area (Å²) in [4.78, 5) is 6.73. The van der Waals surface area contributed by atoms with E-state index < -0.39 is 0 Å². The molecule has 1 aliphatic rings. The summed E-state index contributed by atoms with van der Waals surface area (Å²) in [6.07, 6.45) is 1.90. The van der Waals surface area contributed by atoms with Crippen LogP contribution in [0, 0.1) is 0 Å². The van der Waals surface area contributed by atoms with Gasteiger partial charge in [-0.25, -0.2) is 0 Å². The van der Waals surface area contributed by atoms with E-state index in [2.05, 4.69) is 35.9 Å². The first-order valence-electron chi connectivity index (χ1n) is 5.56. The lowest BCUT2D eigenvalue weighted by Crippen LogP contribution is -2.36. The highest BCUT2D eigenvalue weighted by molar-refractivity contribution is 5.47. The van der Waals surface area contributed by atoms with Crippen molar-refractivity contribution in [1.82, 2.24) is 4.98 Å². The number of morpholine rings is 1. The van der Waals surface area contributed by atoms with Crippen molar-refractivity contribution in [3.63, 3.8) is 0 Å². The highest BCUT2D eigenvalue weighted by Crippen LogP contribution is 2.20. The van der Waals surface area contributed by atoms with Crippen LogP contribution in [0.15, 0.2) is 18.3 Å². The summed E-state index contributed by atoms with van der Waals surface area (Å²) >= 11 is 0. The third kappa shape index (κ3) is 2.48. The van der Waals surface area contributed by atoms with Crippen LogP contribution in [-0.4, -0.2) is 31.3 Å². The van der Waals surface area contributed by atoms with E-state index in [0.717, 1.165) is 26.3 Å². The number of aromatic nitrogens is 1. The lowest BCUT2D eigenvalue weighted by Gasteiger charge is -2.29. The molecule has 0 unspecified atom stereocenters. The molecule has 0 amide bonds. The lowest BCUT2D eigenvalue weighted by atomic mass is 10.1. The Bertz CT molecular complexity index is 319. The highest BCUT2D eigenvalue weighted by Gasteiger charge is 2.12. The normalized spacial score (nSPS) is 17.1. The Kier molecular flexibility index (Phi) is 3.21. The maximum Gasteiger partial charge on any atom is 0.0642 e. The Morgan fingerprint density at radius 2 is 2.07 bits per heavy atom. The lowest BCUT2D eigenvalue weighted by molar-refractivity contribution is 0.122. The molecule has 2 rings (SSSR count). The second kappa shape index (κ2) is 4.62. The van der Waals surface area contributed by atoms with Crippen LogP contribution in [0.3, 0.4) is 0 Å². The maximum absolute atomic E-state index is 5.34. The van der Waals surface area contributed by atoms with Crippen LogP contribution in [0.25, 0.3) is 0 Å². The number of nitrogens with zero attached hydrogens (tertiary/aromatic N) is 2. The molecular weight excluding hydrogens is 188 g/mol. The van der Waals surface area contributed by atoms with Crippen LogP contribution in [0.5, 0.6) is 0 Å². The molecule has 0 spiro atoms. The Morgan fingerprint density at radius 3 is 2.73 bits per heavy atom. The zero-order valence-corrected chi connectivity index (χ0v) is 9.44. The van der Waals surface area contributed by atoms with Gasteiger partial charge in [0, 0.05) is 30.7 Å². The minimum atomic E-state index is 0.492. The number of anilines is 1. The van der Waals surface area contributed by atoms with Gasteiger partial charge in [-0.15, -0.1) is 0 Å². The van der Waals surface area contributed by atoms with E-state index in [1.54, 1.807) is 0 Å². The largest absolute Gasteiger partial charge is 0.378 e. The van der Waals surface area contributed by atoms with Gasteiger partial charge < -0.3 is 9.64 Å². The Labute approximate surface area is 91.1 Å². The fourth-order valence-electron chi connectivity index (χ4n) is 1.77. The molecule has 0 aromatic carbocycles. The molecule has 1 aromatic heterocycles. The van der Waals surface area contributed by atoms with Crippen molar-refractivity contribution in [3.05, 3.63) is 24.0 Å². The van der Waals surface area contributed by atoms with Gasteiger partial charge in [-0.3, -0.25) is 4.98 Å². The van der Waals surface area contributed by atoms with Crippen molar-refractivity contribution < 1.29 is 4.74 Å². The molecule has 1 aliphatic heterocycles. The van der Waals surface area contributed by atoms with E-state index in [-0.39, 0.29) is 0 Å². The second-order valence-corrected chi connectivity index (χ2v) is 4.19. The third-order valence-electron chi connectivity index (χ3n) is 2.73. The predicted octanol–water partition coefficient (Wildman–Crippen LogP) is 2.04. The molecule has 0 bridgehead atoms. The third-order valence-corrected chi connectivity index (χ3v) is 2.73. The van der Waals surface area contributed by atoms with E-state index in [1.165, 1.54) is 11.4 Å². The van der Waals surface area contributed by atoms with Crippen LogP contribution < -0.4 is 4.90 Å². The van der Waals surface area contributed by atoms with Gasteiger partial charge in [0.1, 0.15) is 0 Å². The first kappa shape index (κ1) is 10.4. The Balaban J connectivity index is 2.16. The first-order valence-corrected chi connectivity index (χ1v) is 5.56. The Morgan fingerprint density at radius 1 is 1.33 bits per heavy atom. The number of ether oxygens (including phenoxy) is 1. The van der Waals surface area contributed by atoms with E-state index in [1.807, 2.05) is 6.20 Å². The van der Waals surface area contributed by atoms with Crippen LogP contribution in [0.1, 0.15) is 25.5 Å². The van der Waals surface area contributed by atoms with Gasteiger partial charge in [0.2, 0.25) is 0 Å². The quantitative estimate of drug-likeness (QED) is 0.740. The van der Waals surface area contributed by atoms with Gasteiger partial charge >= 0.3 is 0 Å². The fourth-order valence-corrected chi connectivity index (χ4v) is 1.77. The molecule has 3 heteroatoms. The minimum absolute atomic E-state index is 0.492. The van der Waals surface area contributed by atoms with E-state index >= 15 is 0 Å². The highest BCUT2D eigenvalue weighted by atomic mass is 16.5. The van der Waals surface area contributed by atoms with Gasteiger partial charge in [0.25, 0.3) is 0 Å². The van der Waals surface area contributed by atoms with E-state index in [4.69, 9.17) is 4.74 Å². The van der Waals surface area contributed by atoms with Crippen molar-refractivity contribution in [2.45, 2.75) is 19.8 Å². The number of hydrogen-bond acceptors (Lipinski definition) is 3. The molecule has 0 radical (unpaired) electrons. The second-order valence-electron chi connectivity index (χ2n) is 4.19. The zero-order chi connectivity index (χ0) is 10.7. The van der Waals surface area contributed by atoms with Gasteiger partial charge in [0.05, 0.1) is 13.2 Å². The maximum atomic E-state index is 5.34. The summed E-state index contributed by atoms with van der Waals surface area (Å²) in [7, 11) is 0. The van der Waals surface area contributed by atoms with Gasteiger partial charge in [-0.05, 0) is 18.1 Å². The van der Waals surface area contributed by atoms with Crippen LogP contribution in [-0.2, 0) is 4.74 Å². The molecule has 0 atom stereocenters. The van der Waals surface area contributed by atoms with Crippen molar-refractivity contribution in [3.8, 4) is 0 Å². The van der Waals surface area contributed by atoms with Crippen LogP contribution in [0.2, 0.25) is 0 Å². The van der Waals surface area contributed by atoms with Gasteiger partial charge in [0.15, 0.2) is 0 Å². The Hall–Kier alpha value is -1.09. The van der Waals surface area contributed by atoms with Gasteiger partial charge in [-0.2, -0.15) is 0 Å². The van der Waals surface area contributed by atoms with Crippen molar-refractivity contribution >= 4 is 5.69 Å². The smallest absolute Gasteiger partial charge is 0.0642 e. The molecule has 15 heavy (non-hydrogen) atoms. The molecule has 1 fully saturated rings. The summed E-state index contributed by atoms with van der Waals surface area (Å²) in [5.41, 5.74) is 2.44. The van der Waals surface area contributed by atoms with E-state index in [9.17, 15) is 0 Å². The monoisotopic (exact) mass is 206 g/mol. The molecule has 1 aromatic rings. The first-order chi connectivity index (χ1) is 7.27. The zero-order valence-electron chi connectivity index (χ0n) is 9.44. The molecule has 3 nitrogen and oxygen atoms in total. The number of pyridine rings is 1. The summed E-state index contributed by atoms with van der Waals surface area (Å²) < 4.78 is 5.34. The summed E-state index contributed by atoms with van der Waals surface area (Å²) in [6.45, 7) is 7.98. The van der Waals surface area contributed by atoms with Crippen LogP contribution >= 0.6 is 0 Å². The van der Waals surface area contributed by atoms with Gasteiger partial charge in [-0.1, -0.05) is 13.8 Å². The predicted molar refractivity (Wildman–Crippen MR) is 61.4 cm³/mol. The van der Waals surface area contributed by atoms with Crippen LogP contribution in [0.4, 0.5) is 5.69 Å². The number of rotatable bonds is 2. The topological polar surface area (TPSA) is 25.4 Å². The van der Waals surface area contributed by atoms with Crippen molar-refractivity contribution in [2.75, 3.05) is 31.2 Å². The molecular formula is C12H18N2O. The SMILES string of the molecule is CC(C)c1cc(N2CCOCC2)ccn1. The molecule has 2 heterocycles.